The number of nitrogens with zero attached hydrogens (tertiary/aromatic N) is 1. The summed E-state index contributed by atoms with van der Waals surface area (Å²) in [5.74, 6) is -0.179. The number of hydrogen-bond acceptors (Lipinski definition) is 3. The van der Waals surface area contributed by atoms with Crippen LogP contribution in [0.1, 0.15) is 53.4 Å². The molecule has 0 saturated heterocycles. The Morgan fingerprint density at radius 2 is 1.91 bits per heavy atom. The van der Waals surface area contributed by atoms with Crippen LogP contribution >= 0.6 is 11.3 Å². The first-order chi connectivity index (χ1) is 10.2. The second kappa shape index (κ2) is 5.94. The molecule has 1 amide bonds. The number of rotatable bonds is 2. The molecule has 2 rings (SSSR count). The van der Waals surface area contributed by atoms with Gasteiger partial charge in [0.2, 0.25) is 0 Å². The van der Waals surface area contributed by atoms with Crippen molar-refractivity contribution < 1.29 is 4.79 Å². The van der Waals surface area contributed by atoms with Crippen LogP contribution in [0.25, 0.3) is 0 Å². The van der Waals surface area contributed by atoms with Gasteiger partial charge in [-0.3, -0.25) is 4.79 Å². The minimum Gasteiger partial charge on any atom is -0.312 e. The summed E-state index contributed by atoms with van der Waals surface area (Å²) in [6, 6.07) is 7.84. The van der Waals surface area contributed by atoms with Crippen molar-refractivity contribution >= 4 is 22.2 Å². The SMILES string of the molecule is Cc1ccc(C(=O)Nc2scc(C(C)(C)C)c2C#N)cc1C. The van der Waals surface area contributed by atoms with E-state index in [4.69, 9.17) is 0 Å². The Hall–Kier alpha value is -2.12. The van der Waals surface area contributed by atoms with Gasteiger partial charge in [-0.15, -0.1) is 11.3 Å². The third-order valence-corrected chi connectivity index (χ3v) is 4.60. The molecule has 0 aliphatic heterocycles. The molecule has 1 N–H and O–H groups in total. The first kappa shape index (κ1) is 16.3. The summed E-state index contributed by atoms with van der Waals surface area (Å²) in [6.07, 6.45) is 0. The van der Waals surface area contributed by atoms with Crippen molar-refractivity contribution in [2.24, 2.45) is 0 Å². The number of carbonyl (C=O) groups excluding carboxylic acids is 1. The average Bonchev–Trinajstić information content (AvgIpc) is 2.84. The van der Waals surface area contributed by atoms with Crippen molar-refractivity contribution in [1.29, 1.82) is 5.26 Å². The monoisotopic (exact) mass is 312 g/mol. The smallest absolute Gasteiger partial charge is 0.256 e. The maximum atomic E-state index is 12.4. The van der Waals surface area contributed by atoms with Gasteiger partial charge < -0.3 is 5.32 Å². The fraction of sp³-hybridized carbons (Fsp3) is 0.333. The molecule has 114 valence electrons. The summed E-state index contributed by atoms with van der Waals surface area (Å²) >= 11 is 1.40. The third kappa shape index (κ3) is 3.20. The Morgan fingerprint density at radius 1 is 1.23 bits per heavy atom. The zero-order chi connectivity index (χ0) is 16.5. The molecule has 0 radical (unpaired) electrons. The molecular weight excluding hydrogens is 292 g/mol. The van der Waals surface area contributed by atoms with Gasteiger partial charge in [0.05, 0.1) is 5.56 Å². The van der Waals surface area contributed by atoms with Crippen molar-refractivity contribution in [3.8, 4) is 6.07 Å². The summed E-state index contributed by atoms with van der Waals surface area (Å²) in [4.78, 5) is 12.4. The van der Waals surface area contributed by atoms with Gasteiger partial charge in [0.25, 0.3) is 5.91 Å². The number of carbonyl (C=O) groups is 1. The van der Waals surface area contributed by atoms with Crippen molar-refractivity contribution in [2.75, 3.05) is 5.32 Å². The van der Waals surface area contributed by atoms with Gasteiger partial charge in [0.1, 0.15) is 11.1 Å². The van der Waals surface area contributed by atoms with Crippen LogP contribution in [0.5, 0.6) is 0 Å². The number of hydrogen-bond donors (Lipinski definition) is 1. The van der Waals surface area contributed by atoms with Gasteiger partial charge in [0.15, 0.2) is 0 Å². The molecule has 1 heterocycles. The van der Waals surface area contributed by atoms with E-state index in [1.165, 1.54) is 11.3 Å². The summed E-state index contributed by atoms with van der Waals surface area (Å²) < 4.78 is 0. The van der Waals surface area contributed by atoms with E-state index in [1.807, 2.05) is 37.4 Å². The van der Waals surface area contributed by atoms with Crippen molar-refractivity contribution in [3.63, 3.8) is 0 Å². The van der Waals surface area contributed by atoms with Crippen LogP contribution in [0.3, 0.4) is 0 Å². The quantitative estimate of drug-likeness (QED) is 0.867. The van der Waals surface area contributed by atoms with Gasteiger partial charge in [-0.1, -0.05) is 26.8 Å². The molecule has 0 fully saturated rings. The van der Waals surface area contributed by atoms with E-state index in [1.54, 1.807) is 0 Å². The van der Waals surface area contributed by atoms with Crippen molar-refractivity contribution in [1.82, 2.24) is 0 Å². The highest BCUT2D eigenvalue weighted by atomic mass is 32.1. The lowest BCUT2D eigenvalue weighted by Gasteiger charge is -2.17. The first-order valence-electron chi connectivity index (χ1n) is 7.14. The molecule has 1 aromatic carbocycles. The second-order valence-corrected chi connectivity index (χ2v) is 7.35. The molecule has 2 aromatic rings. The summed E-state index contributed by atoms with van der Waals surface area (Å²) in [7, 11) is 0. The maximum absolute atomic E-state index is 12.4. The first-order valence-corrected chi connectivity index (χ1v) is 8.02. The fourth-order valence-electron chi connectivity index (χ4n) is 2.17. The molecule has 1 aromatic heterocycles. The van der Waals surface area contributed by atoms with Crippen LogP contribution in [0.15, 0.2) is 23.6 Å². The highest BCUT2D eigenvalue weighted by Crippen LogP contribution is 2.35. The lowest BCUT2D eigenvalue weighted by molar-refractivity contribution is 0.102. The molecule has 0 bridgehead atoms. The number of nitriles is 1. The highest BCUT2D eigenvalue weighted by molar-refractivity contribution is 7.14. The largest absolute Gasteiger partial charge is 0.312 e. The lowest BCUT2D eigenvalue weighted by atomic mass is 9.86. The predicted molar refractivity (Wildman–Crippen MR) is 91.6 cm³/mol. The standard InChI is InChI=1S/C18H20N2OS/c1-11-6-7-13(8-12(11)2)16(21)20-17-14(9-19)15(10-22-17)18(3,4)5/h6-8,10H,1-5H3,(H,20,21). The molecule has 22 heavy (non-hydrogen) atoms. The normalized spacial score (nSPS) is 11.1. The van der Waals surface area contributed by atoms with Crippen molar-refractivity contribution in [2.45, 2.75) is 40.0 Å². The molecule has 0 saturated carbocycles. The number of amides is 1. The Kier molecular flexibility index (Phi) is 4.39. The summed E-state index contributed by atoms with van der Waals surface area (Å²) in [6.45, 7) is 10.2. The van der Waals surface area contributed by atoms with E-state index in [-0.39, 0.29) is 11.3 Å². The minimum absolute atomic E-state index is 0.120. The van der Waals surface area contributed by atoms with Crippen LogP contribution in [-0.4, -0.2) is 5.91 Å². The predicted octanol–water partition coefficient (Wildman–Crippen LogP) is 4.79. The van der Waals surface area contributed by atoms with E-state index in [0.717, 1.165) is 16.7 Å². The second-order valence-electron chi connectivity index (χ2n) is 6.47. The third-order valence-electron chi connectivity index (χ3n) is 3.71. The number of benzene rings is 1. The van der Waals surface area contributed by atoms with Crippen LogP contribution < -0.4 is 5.32 Å². The lowest BCUT2D eigenvalue weighted by Crippen LogP contribution is -2.14. The van der Waals surface area contributed by atoms with Gasteiger partial charge in [-0.25, -0.2) is 0 Å². The highest BCUT2D eigenvalue weighted by Gasteiger charge is 2.23. The van der Waals surface area contributed by atoms with E-state index in [2.05, 4.69) is 32.2 Å². The molecular formula is C18H20N2OS. The van der Waals surface area contributed by atoms with E-state index in [0.29, 0.717) is 16.1 Å². The van der Waals surface area contributed by atoms with Crippen LogP contribution in [0.2, 0.25) is 0 Å². The molecule has 0 unspecified atom stereocenters. The average molecular weight is 312 g/mol. The van der Waals surface area contributed by atoms with Crippen LogP contribution in [0.4, 0.5) is 5.00 Å². The fourth-order valence-corrected chi connectivity index (χ4v) is 3.30. The number of thiophene rings is 1. The Balaban J connectivity index is 2.31. The van der Waals surface area contributed by atoms with Gasteiger partial charge in [0, 0.05) is 5.56 Å². The van der Waals surface area contributed by atoms with E-state index in [9.17, 15) is 10.1 Å². The van der Waals surface area contributed by atoms with Crippen LogP contribution in [-0.2, 0) is 5.41 Å². The number of aryl methyl sites for hydroxylation is 2. The van der Waals surface area contributed by atoms with Gasteiger partial charge in [-0.05, 0) is 53.5 Å². The molecule has 0 aliphatic rings. The Morgan fingerprint density at radius 3 is 2.45 bits per heavy atom. The van der Waals surface area contributed by atoms with Crippen LogP contribution in [0, 0.1) is 25.2 Å². The van der Waals surface area contributed by atoms with E-state index >= 15 is 0 Å². The zero-order valence-corrected chi connectivity index (χ0v) is 14.4. The zero-order valence-electron chi connectivity index (χ0n) is 13.6. The van der Waals surface area contributed by atoms with E-state index < -0.39 is 0 Å². The molecule has 0 atom stereocenters. The van der Waals surface area contributed by atoms with Gasteiger partial charge >= 0.3 is 0 Å². The Labute approximate surface area is 135 Å². The molecule has 0 spiro atoms. The Bertz CT molecular complexity index is 760. The molecule has 0 aliphatic carbocycles. The minimum atomic E-state index is -0.179. The number of nitrogens with one attached hydrogen (secondary N) is 1. The maximum Gasteiger partial charge on any atom is 0.256 e. The van der Waals surface area contributed by atoms with Gasteiger partial charge in [-0.2, -0.15) is 5.26 Å². The number of anilines is 1. The summed E-state index contributed by atoms with van der Waals surface area (Å²) in [5.41, 5.74) is 4.25. The molecule has 3 nitrogen and oxygen atoms in total. The van der Waals surface area contributed by atoms with Crippen molar-refractivity contribution in [3.05, 3.63) is 51.4 Å². The topological polar surface area (TPSA) is 52.9 Å². The summed E-state index contributed by atoms with van der Waals surface area (Å²) in [5, 5.41) is 14.9. The molecule has 4 heteroatoms.